The van der Waals surface area contributed by atoms with Crippen molar-refractivity contribution in [3.8, 4) is 0 Å². The number of hydrogen-bond acceptors (Lipinski definition) is 3. The predicted molar refractivity (Wildman–Crippen MR) is 105 cm³/mol. The molecule has 3 rings (SSSR count). The third-order valence-corrected chi connectivity index (χ3v) is 5.68. The third kappa shape index (κ3) is 4.80. The molecule has 0 aliphatic heterocycles. The van der Waals surface area contributed by atoms with Crippen LogP contribution in [-0.4, -0.2) is 25.7 Å². The largest absolute Gasteiger partial charge is 0.322 e. The minimum atomic E-state index is -3.37. The Kier molecular flexibility index (Phi) is 5.54. The van der Waals surface area contributed by atoms with Crippen LogP contribution in [0, 0.1) is 6.92 Å². The van der Waals surface area contributed by atoms with E-state index in [9.17, 15) is 13.2 Å². The van der Waals surface area contributed by atoms with Gasteiger partial charge < -0.3 is 4.98 Å². The molecular weight excluding hydrogens is 348 g/mol. The van der Waals surface area contributed by atoms with Gasteiger partial charge in [-0.25, -0.2) is 13.1 Å². The Morgan fingerprint density at radius 3 is 2.54 bits per heavy atom. The number of aryl methyl sites for hydroxylation is 2. The average molecular weight is 370 g/mol. The lowest BCUT2D eigenvalue weighted by Gasteiger charge is -2.08. The van der Waals surface area contributed by atoms with Gasteiger partial charge >= 0.3 is 0 Å². The Labute approximate surface area is 153 Å². The average Bonchev–Trinajstić information content (AvgIpc) is 2.61. The minimum absolute atomic E-state index is 0.0321. The lowest BCUT2D eigenvalue weighted by molar-refractivity contribution is 0.580. The fraction of sp³-hybridized carbons (Fsp3) is 0.250. The number of aromatic nitrogens is 1. The summed E-state index contributed by atoms with van der Waals surface area (Å²) in [5, 5.41) is 0.942. The van der Waals surface area contributed by atoms with Crippen molar-refractivity contribution in [3.05, 3.63) is 81.6 Å². The molecule has 0 aliphatic carbocycles. The fourth-order valence-electron chi connectivity index (χ4n) is 2.86. The zero-order valence-corrected chi connectivity index (χ0v) is 15.5. The number of pyridine rings is 1. The Morgan fingerprint density at radius 2 is 1.77 bits per heavy atom. The molecule has 0 fully saturated rings. The second kappa shape index (κ2) is 7.85. The maximum absolute atomic E-state index is 12.2. The molecule has 0 bridgehead atoms. The lowest BCUT2D eigenvalue weighted by Crippen LogP contribution is -2.30. The van der Waals surface area contributed by atoms with Gasteiger partial charge in [0.2, 0.25) is 10.0 Å². The van der Waals surface area contributed by atoms with Gasteiger partial charge in [0.25, 0.3) is 5.56 Å². The maximum atomic E-state index is 12.2. The number of sulfonamides is 1. The summed E-state index contributed by atoms with van der Waals surface area (Å²) in [6.45, 7) is 2.17. The van der Waals surface area contributed by atoms with E-state index >= 15 is 0 Å². The summed E-state index contributed by atoms with van der Waals surface area (Å²) in [6, 6.07) is 17.2. The van der Waals surface area contributed by atoms with Crippen LogP contribution in [0.1, 0.15) is 16.7 Å². The molecule has 0 amide bonds. The molecule has 2 aromatic carbocycles. The molecule has 1 aromatic heterocycles. The molecule has 136 valence electrons. The van der Waals surface area contributed by atoms with Crippen molar-refractivity contribution in [1.82, 2.24) is 9.71 Å². The summed E-state index contributed by atoms with van der Waals surface area (Å²) >= 11 is 0. The van der Waals surface area contributed by atoms with Crippen molar-refractivity contribution >= 4 is 20.9 Å². The van der Waals surface area contributed by atoms with Gasteiger partial charge in [0.15, 0.2) is 0 Å². The van der Waals surface area contributed by atoms with E-state index in [1.807, 2.05) is 61.5 Å². The first-order valence-electron chi connectivity index (χ1n) is 8.57. The summed E-state index contributed by atoms with van der Waals surface area (Å²) in [6.07, 6.45) is 0.815. The molecule has 1 heterocycles. The van der Waals surface area contributed by atoms with Crippen molar-refractivity contribution in [1.29, 1.82) is 0 Å². The van der Waals surface area contributed by atoms with E-state index < -0.39 is 10.0 Å². The van der Waals surface area contributed by atoms with E-state index in [4.69, 9.17) is 0 Å². The van der Waals surface area contributed by atoms with Crippen molar-refractivity contribution < 1.29 is 8.42 Å². The van der Waals surface area contributed by atoms with Crippen LogP contribution in [0.2, 0.25) is 0 Å². The molecule has 26 heavy (non-hydrogen) atoms. The second-order valence-corrected chi connectivity index (χ2v) is 8.34. The first-order chi connectivity index (χ1) is 12.4. The minimum Gasteiger partial charge on any atom is -0.322 e. The molecule has 0 aliphatic rings. The van der Waals surface area contributed by atoms with E-state index in [0.29, 0.717) is 18.4 Å². The van der Waals surface area contributed by atoms with Crippen LogP contribution < -0.4 is 10.3 Å². The summed E-state index contributed by atoms with van der Waals surface area (Å²) in [4.78, 5) is 15.0. The molecule has 0 unspecified atom stereocenters. The van der Waals surface area contributed by atoms with Crippen LogP contribution in [0.5, 0.6) is 0 Å². The lowest BCUT2D eigenvalue weighted by atomic mass is 10.1. The van der Waals surface area contributed by atoms with E-state index in [0.717, 1.165) is 22.0 Å². The summed E-state index contributed by atoms with van der Waals surface area (Å²) in [5.74, 6) is 0.0321. The standard InChI is InChI=1S/C20H22N2O3S/c1-15-7-8-17-14-18(20(23)22-19(17)13-15)9-11-21-26(24,25)12-10-16-5-3-2-4-6-16/h2-8,13-14,21H,9-12H2,1H3,(H,22,23). The van der Waals surface area contributed by atoms with Gasteiger partial charge in [-0.1, -0.05) is 42.5 Å². The smallest absolute Gasteiger partial charge is 0.251 e. The summed E-state index contributed by atoms with van der Waals surface area (Å²) in [7, 11) is -3.37. The zero-order chi connectivity index (χ0) is 18.6. The molecule has 0 saturated heterocycles. The molecule has 0 atom stereocenters. The number of aromatic amines is 1. The van der Waals surface area contributed by atoms with Gasteiger partial charge in [-0.3, -0.25) is 4.79 Å². The number of benzene rings is 2. The Balaban J connectivity index is 1.60. The Bertz CT molecular complexity index is 1060. The molecule has 5 nitrogen and oxygen atoms in total. The molecular formula is C20H22N2O3S. The predicted octanol–water partition coefficient (Wildman–Crippen LogP) is 2.54. The summed E-state index contributed by atoms with van der Waals surface area (Å²) in [5.41, 5.74) is 3.26. The molecule has 0 spiro atoms. The van der Waals surface area contributed by atoms with E-state index in [-0.39, 0.29) is 17.9 Å². The van der Waals surface area contributed by atoms with Gasteiger partial charge in [-0.15, -0.1) is 0 Å². The van der Waals surface area contributed by atoms with Crippen molar-refractivity contribution in [3.63, 3.8) is 0 Å². The second-order valence-electron chi connectivity index (χ2n) is 6.41. The SMILES string of the molecule is Cc1ccc2cc(CCNS(=O)(=O)CCc3ccccc3)c(=O)[nH]c2c1. The molecule has 2 N–H and O–H groups in total. The Hall–Kier alpha value is -2.44. The monoisotopic (exact) mass is 370 g/mol. The van der Waals surface area contributed by atoms with E-state index in [2.05, 4.69) is 9.71 Å². The highest BCUT2D eigenvalue weighted by molar-refractivity contribution is 7.89. The molecule has 0 radical (unpaired) electrons. The van der Waals surface area contributed by atoms with Crippen molar-refractivity contribution in [2.45, 2.75) is 19.8 Å². The highest BCUT2D eigenvalue weighted by Crippen LogP contribution is 2.13. The van der Waals surface area contributed by atoms with Gasteiger partial charge in [-0.05, 0) is 48.4 Å². The first-order valence-corrected chi connectivity index (χ1v) is 10.2. The molecule has 0 saturated carbocycles. The molecule has 6 heteroatoms. The number of rotatable bonds is 7. The zero-order valence-electron chi connectivity index (χ0n) is 14.7. The fourth-order valence-corrected chi connectivity index (χ4v) is 3.92. The van der Waals surface area contributed by atoms with Gasteiger partial charge in [0, 0.05) is 17.6 Å². The number of nitrogens with one attached hydrogen (secondary N) is 2. The maximum Gasteiger partial charge on any atom is 0.251 e. The quantitative estimate of drug-likeness (QED) is 0.671. The number of hydrogen-bond donors (Lipinski definition) is 2. The number of H-pyrrole nitrogens is 1. The van der Waals surface area contributed by atoms with Gasteiger partial charge in [-0.2, -0.15) is 0 Å². The van der Waals surface area contributed by atoms with Crippen LogP contribution in [-0.2, 0) is 22.9 Å². The van der Waals surface area contributed by atoms with Crippen molar-refractivity contribution in [2.24, 2.45) is 0 Å². The third-order valence-electron chi connectivity index (χ3n) is 4.30. The van der Waals surface area contributed by atoms with Crippen LogP contribution in [0.25, 0.3) is 10.9 Å². The van der Waals surface area contributed by atoms with Crippen LogP contribution in [0.4, 0.5) is 0 Å². The number of fused-ring (bicyclic) bond motifs is 1. The van der Waals surface area contributed by atoms with E-state index in [1.165, 1.54) is 0 Å². The summed E-state index contributed by atoms with van der Waals surface area (Å²) < 4.78 is 26.8. The van der Waals surface area contributed by atoms with E-state index in [1.54, 1.807) is 0 Å². The highest BCUT2D eigenvalue weighted by Gasteiger charge is 2.11. The van der Waals surface area contributed by atoms with Crippen LogP contribution in [0.3, 0.4) is 0 Å². The topological polar surface area (TPSA) is 79.0 Å². The van der Waals surface area contributed by atoms with Crippen LogP contribution >= 0.6 is 0 Å². The normalized spacial score (nSPS) is 11.7. The Morgan fingerprint density at radius 1 is 1.00 bits per heavy atom. The highest BCUT2D eigenvalue weighted by atomic mass is 32.2. The van der Waals surface area contributed by atoms with Crippen molar-refractivity contribution in [2.75, 3.05) is 12.3 Å². The van der Waals surface area contributed by atoms with Gasteiger partial charge in [0.1, 0.15) is 0 Å². The van der Waals surface area contributed by atoms with Gasteiger partial charge in [0.05, 0.1) is 5.75 Å². The molecule has 3 aromatic rings. The first kappa shape index (κ1) is 18.4. The van der Waals surface area contributed by atoms with Crippen LogP contribution in [0.15, 0.2) is 59.4 Å².